The summed E-state index contributed by atoms with van der Waals surface area (Å²) >= 11 is 6.16. The lowest BCUT2D eigenvalue weighted by Crippen LogP contribution is -2.57. The van der Waals surface area contributed by atoms with Gasteiger partial charge in [-0.05, 0) is 42.2 Å². The molecule has 1 aromatic heterocycles. The van der Waals surface area contributed by atoms with Gasteiger partial charge >= 0.3 is 5.97 Å². The lowest BCUT2D eigenvalue weighted by atomic mass is 9.77. The molecule has 2 atom stereocenters. The molecule has 30 heavy (non-hydrogen) atoms. The van der Waals surface area contributed by atoms with E-state index in [1.807, 2.05) is 49.4 Å². The highest BCUT2D eigenvalue weighted by atomic mass is 35.5. The van der Waals surface area contributed by atoms with Crippen molar-refractivity contribution in [3.05, 3.63) is 70.4 Å². The summed E-state index contributed by atoms with van der Waals surface area (Å²) < 4.78 is 5.53. The lowest BCUT2D eigenvalue weighted by Gasteiger charge is -2.46. The van der Waals surface area contributed by atoms with Crippen LogP contribution in [0.15, 0.2) is 48.5 Å². The minimum Gasteiger partial charge on any atom is -0.464 e. The summed E-state index contributed by atoms with van der Waals surface area (Å²) in [5, 5.41) is 1.73. The number of fused-ring (bicyclic) bond motifs is 5. The zero-order valence-corrected chi connectivity index (χ0v) is 17.5. The van der Waals surface area contributed by atoms with Crippen LogP contribution in [0, 0.1) is 0 Å². The SMILES string of the molecule is CCCOC(=O)[C@@H]1Cc2c([nH]c3ccccc23)[C@]2(c3ccc(Cl)cc3)CCC(=O)N12. The largest absolute Gasteiger partial charge is 0.464 e. The van der Waals surface area contributed by atoms with Gasteiger partial charge in [0.25, 0.3) is 0 Å². The van der Waals surface area contributed by atoms with Crippen LogP contribution in [0.1, 0.15) is 43.0 Å². The number of halogens is 1. The molecule has 2 aromatic carbocycles. The average Bonchev–Trinajstić information content (AvgIpc) is 3.31. The summed E-state index contributed by atoms with van der Waals surface area (Å²) in [6.07, 6.45) is 2.18. The van der Waals surface area contributed by atoms with Gasteiger partial charge in [-0.25, -0.2) is 4.79 Å². The first-order valence-electron chi connectivity index (χ1n) is 10.4. The van der Waals surface area contributed by atoms with Crippen molar-refractivity contribution in [2.75, 3.05) is 6.61 Å². The van der Waals surface area contributed by atoms with E-state index in [1.165, 1.54) is 0 Å². The Balaban J connectivity index is 1.76. The predicted molar refractivity (Wildman–Crippen MR) is 115 cm³/mol. The van der Waals surface area contributed by atoms with Crippen molar-refractivity contribution in [1.29, 1.82) is 0 Å². The number of carbonyl (C=O) groups is 2. The molecule has 154 valence electrons. The van der Waals surface area contributed by atoms with E-state index in [0.29, 0.717) is 30.9 Å². The van der Waals surface area contributed by atoms with Crippen molar-refractivity contribution in [3.8, 4) is 0 Å². The van der Waals surface area contributed by atoms with E-state index in [9.17, 15) is 9.59 Å². The zero-order valence-electron chi connectivity index (χ0n) is 16.8. The summed E-state index contributed by atoms with van der Waals surface area (Å²) in [5.41, 5.74) is 3.32. The van der Waals surface area contributed by atoms with E-state index in [-0.39, 0.29) is 11.9 Å². The first-order valence-corrected chi connectivity index (χ1v) is 10.8. The van der Waals surface area contributed by atoms with Gasteiger partial charge in [0.1, 0.15) is 11.6 Å². The fraction of sp³-hybridized carbons (Fsp3) is 0.333. The van der Waals surface area contributed by atoms with Crippen LogP contribution in [0.4, 0.5) is 0 Å². The summed E-state index contributed by atoms with van der Waals surface area (Å²) in [4.78, 5) is 31.6. The van der Waals surface area contributed by atoms with E-state index in [1.54, 1.807) is 4.90 Å². The second-order valence-corrected chi connectivity index (χ2v) is 8.48. The van der Waals surface area contributed by atoms with Crippen LogP contribution in [-0.2, 0) is 26.3 Å². The maximum Gasteiger partial charge on any atom is 0.329 e. The van der Waals surface area contributed by atoms with Gasteiger partial charge in [-0.15, -0.1) is 0 Å². The molecule has 3 heterocycles. The van der Waals surface area contributed by atoms with E-state index >= 15 is 0 Å². The van der Waals surface area contributed by atoms with E-state index in [0.717, 1.165) is 34.1 Å². The minimum atomic E-state index is -0.732. The molecule has 5 rings (SSSR count). The number of hydrogen-bond acceptors (Lipinski definition) is 3. The van der Waals surface area contributed by atoms with Crippen LogP contribution in [0.25, 0.3) is 10.9 Å². The number of esters is 1. The normalized spacial score (nSPS) is 22.8. The number of rotatable bonds is 4. The summed E-state index contributed by atoms with van der Waals surface area (Å²) in [6.45, 7) is 2.32. The van der Waals surface area contributed by atoms with Crippen molar-refractivity contribution in [2.24, 2.45) is 0 Å². The highest BCUT2D eigenvalue weighted by molar-refractivity contribution is 6.30. The number of nitrogens with zero attached hydrogens (tertiary/aromatic N) is 1. The number of aromatic amines is 1. The van der Waals surface area contributed by atoms with Crippen LogP contribution >= 0.6 is 11.6 Å². The monoisotopic (exact) mass is 422 g/mol. The molecule has 2 aliphatic rings. The Morgan fingerprint density at radius 1 is 1.23 bits per heavy atom. The van der Waals surface area contributed by atoms with Crippen molar-refractivity contribution in [1.82, 2.24) is 9.88 Å². The number of carbonyl (C=O) groups excluding carboxylic acids is 2. The van der Waals surface area contributed by atoms with Crippen LogP contribution < -0.4 is 0 Å². The highest BCUT2D eigenvalue weighted by Crippen LogP contribution is 2.52. The average molecular weight is 423 g/mol. The summed E-state index contributed by atoms with van der Waals surface area (Å²) in [5.74, 6) is -0.353. The van der Waals surface area contributed by atoms with Crippen LogP contribution in [0.3, 0.4) is 0 Å². The van der Waals surface area contributed by atoms with Gasteiger partial charge in [-0.3, -0.25) is 4.79 Å². The number of nitrogens with one attached hydrogen (secondary N) is 1. The molecular weight excluding hydrogens is 400 g/mol. The lowest BCUT2D eigenvalue weighted by molar-refractivity contribution is -0.157. The third-order valence-electron chi connectivity index (χ3n) is 6.36. The van der Waals surface area contributed by atoms with Gasteiger partial charge in [0.05, 0.1) is 12.3 Å². The second kappa shape index (κ2) is 7.17. The third-order valence-corrected chi connectivity index (χ3v) is 6.61. The van der Waals surface area contributed by atoms with Gasteiger partial charge in [0.15, 0.2) is 0 Å². The van der Waals surface area contributed by atoms with Crippen molar-refractivity contribution < 1.29 is 14.3 Å². The molecule has 1 amide bonds. The van der Waals surface area contributed by atoms with E-state index < -0.39 is 11.6 Å². The Morgan fingerprint density at radius 3 is 2.77 bits per heavy atom. The Kier molecular flexibility index (Phi) is 4.58. The third kappa shape index (κ3) is 2.68. The summed E-state index contributed by atoms with van der Waals surface area (Å²) in [6, 6.07) is 15.1. The molecule has 0 unspecified atom stereocenters. The topological polar surface area (TPSA) is 62.4 Å². The molecule has 0 aliphatic carbocycles. The predicted octanol–water partition coefficient (Wildman–Crippen LogP) is 4.57. The van der Waals surface area contributed by atoms with E-state index in [4.69, 9.17) is 16.3 Å². The standard InChI is InChI=1S/C24H23ClN2O3/c1-2-13-30-23(29)20-14-18-17-5-3-4-6-19(17)26-22(18)24(12-11-21(28)27(20)24)15-7-9-16(25)10-8-15/h3-10,20,26H,2,11-14H2,1H3/t20-,24+/m0/s1. The van der Waals surface area contributed by atoms with Crippen molar-refractivity contribution in [3.63, 3.8) is 0 Å². The Labute approximate surface area is 180 Å². The van der Waals surface area contributed by atoms with Gasteiger partial charge in [0.2, 0.25) is 5.91 Å². The minimum absolute atomic E-state index is 0.0206. The van der Waals surface area contributed by atoms with Gasteiger partial charge in [-0.1, -0.05) is 48.9 Å². The quantitative estimate of drug-likeness (QED) is 0.626. The number of hydrogen-bond donors (Lipinski definition) is 1. The number of amides is 1. The molecule has 0 saturated carbocycles. The maximum atomic E-state index is 13.1. The molecule has 0 bridgehead atoms. The first kappa shape index (κ1) is 19.2. The molecule has 1 N–H and O–H groups in total. The molecule has 6 heteroatoms. The van der Waals surface area contributed by atoms with Gasteiger partial charge in [-0.2, -0.15) is 0 Å². The number of ether oxygens (including phenoxy) is 1. The molecular formula is C24H23ClN2O3. The summed E-state index contributed by atoms with van der Waals surface area (Å²) in [7, 11) is 0. The smallest absolute Gasteiger partial charge is 0.329 e. The highest BCUT2D eigenvalue weighted by Gasteiger charge is 2.57. The van der Waals surface area contributed by atoms with E-state index in [2.05, 4.69) is 11.1 Å². The molecule has 3 aromatic rings. The Morgan fingerprint density at radius 2 is 2.00 bits per heavy atom. The second-order valence-electron chi connectivity index (χ2n) is 8.04. The maximum absolute atomic E-state index is 13.1. The first-order chi connectivity index (χ1) is 14.6. The Bertz CT molecular complexity index is 1140. The van der Waals surface area contributed by atoms with Crippen LogP contribution in [0.5, 0.6) is 0 Å². The van der Waals surface area contributed by atoms with Crippen LogP contribution in [-0.4, -0.2) is 34.4 Å². The Hall–Kier alpha value is -2.79. The molecule has 5 nitrogen and oxygen atoms in total. The number of benzene rings is 2. The molecule has 0 spiro atoms. The van der Waals surface area contributed by atoms with Crippen LogP contribution in [0.2, 0.25) is 5.02 Å². The molecule has 1 fully saturated rings. The van der Waals surface area contributed by atoms with Crippen molar-refractivity contribution >= 4 is 34.4 Å². The van der Waals surface area contributed by atoms with Gasteiger partial charge in [0, 0.05) is 28.8 Å². The molecule has 1 saturated heterocycles. The fourth-order valence-electron chi connectivity index (χ4n) is 5.12. The fourth-order valence-corrected chi connectivity index (χ4v) is 5.24. The number of H-pyrrole nitrogens is 1. The number of aromatic nitrogens is 1. The molecule has 2 aliphatic heterocycles. The number of para-hydroxylation sites is 1. The molecule has 0 radical (unpaired) electrons. The zero-order chi connectivity index (χ0) is 20.9. The van der Waals surface area contributed by atoms with Gasteiger partial charge < -0.3 is 14.6 Å². The van der Waals surface area contributed by atoms with Crippen molar-refractivity contribution in [2.45, 2.75) is 44.2 Å².